The lowest BCUT2D eigenvalue weighted by Gasteiger charge is -2.23. The molecular weight excluding hydrogens is 492 g/mol. The fraction of sp³-hybridized carbons (Fsp3) is 0.333. The molecule has 0 spiro atoms. The topological polar surface area (TPSA) is 57.6 Å². The molecular formula is C30H33F2NO3S. The van der Waals surface area contributed by atoms with Crippen LogP contribution in [0.15, 0.2) is 71.6 Å². The molecule has 0 saturated heterocycles. The summed E-state index contributed by atoms with van der Waals surface area (Å²) in [6.07, 6.45) is 5.34. The summed E-state index contributed by atoms with van der Waals surface area (Å²) in [7, 11) is 0. The summed E-state index contributed by atoms with van der Waals surface area (Å²) < 4.78 is 27.7. The summed E-state index contributed by atoms with van der Waals surface area (Å²) in [5, 5.41) is 9.41. The maximum atomic E-state index is 14.3. The van der Waals surface area contributed by atoms with E-state index in [1.54, 1.807) is 23.1 Å². The van der Waals surface area contributed by atoms with E-state index < -0.39 is 17.6 Å². The third-order valence-electron chi connectivity index (χ3n) is 6.16. The van der Waals surface area contributed by atoms with Crippen LogP contribution in [-0.4, -0.2) is 28.4 Å². The van der Waals surface area contributed by atoms with Crippen molar-refractivity contribution >= 4 is 23.6 Å². The van der Waals surface area contributed by atoms with Gasteiger partial charge in [0.1, 0.15) is 11.6 Å². The van der Waals surface area contributed by atoms with E-state index in [0.717, 1.165) is 54.2 Å². The van der Waals surface area contributed by atoms with Crippen molar-refractivity contribution in [3.8, 4) is 0 Å². The summed E-state index contributed by atoms with van der Waals surface area (Å²) >= 11 is 1.51. The van der Waals surface area contributed by atoms with Gasteiger partial charge < -0.3 is 10.0 Å². The highest BCUT2D eigenvalue weighted by atomic mass is 32.2. The molecule has 7 heteroatoms. The van der Waals surface area contributed by atoms with Gasteiger partial charge in [-0.05, 0) is 41.8 Å². The lowest BCUT2D eigenvalue weighted by Crippen LogP contribution is -2.33. The van der Waals surface area contributed by atoms with Crippen LogP contribution >= 0.6 is 11.8 Å². The number of unbranched alkanes of at least 4 members (excludes halogenated alkanes) is 4. The fourth-order valence-electron chi connectivity index (χ4n) is 4.10. The molecule has 0 atom stereocenters. The molecule has 0 bridgehead atoms. The van der Waals surface area contributed by atoms with E-state index in [2.05, 4.69) is 6.92 Å². The number of amides is 1. The Labute approximate surface area is 221 Å². The molecule has 4 nitrogen and oxygen atoms in total. The van der Waals surface area contributed by atoms with Crippen molar-refractivity contribution in [3.05, 3.63) is 101 Å². The zero-order chi connectivity index (χ0) is 26.6. The standard InChI is InChI=1S/C30H33F2NO3S/c1-2-3-4-5-8-16-33(20-23-14-15-25(31)19-28(23)32)29(34)18-22-10-9-12-26(17-22)37-21-24-11-6-7-13-27(24)30(35)36/h6-7,9-15,17,19H,2-5,8,16,18,20-21H2,1H3,(H,35,36). The molecule has 0 aliphatic carbocycles. The van der Waals surface area contributed by atoms with E-state index in [1.807, 2.05) is 30.3 Å². The van der Waals surface area contributed by atoms with Gasteiger partial charge in [-0.2, -0.15) is 0 Å². The third kappa shape index (κ3) is 9.01. The normalized spacial score (nSPS) is 10.9. The van der Waals surface area contributed by atoms with Crippen LogP contribution in [0.3, 0.4) is 0 Å². The fourth-order valence-corrected chi connectivity index (χ4v) is 5.08. The SMILES string of the molecule is CCCCCCCN(Cc1ccc(F)cc1F)C(=O)Cc1cccc(SCc2ccccc2C(=O)O)c1. The monoisotopic (exact) mass is 525 g/mol. The Kier molecular flexibility index (Phi) is 11.1. The Morgan fingerprint density at radius 1 is 0.892 bits per heavy atom. The van der Waals surface area contributed by atoms with Gasteiger partial charge in [0.2, 0.25) is 5.91 Å². The molecule has 196 valence electrons. The van der Waals surface area contributed by atoms with Gasteiger partial charge in [-0.25, -0.2) is 13.6 Å². The van der Waals surface area contributed by atoms with Gasteiger partial charge in [0.15, 0.2) is 0 Å². The molecule has 1 amide bonds. The van der Waals surface area contributed by atoms with Crippen molar-refractivity contribution in [2.45, 2.75) is 62.6 Å². The van der Waals surface area contributed by atoms with Crippen LogP contribution in [0.25, 0.3) is 0 Å². The highest BCUT2D eigenvalue weighted by Gasteiger charge is 2.17. The second-order valence-corrected chi connectivity index (χ2v) is 10.1. The highest BCUT2D eigenvalue weighted by molar-refractivity contribution is 7.98. The van der Waals surface area contributed by atoms with E-state index in [4.69, 9.17) is 0 Å². The molecule has 3 aromatic carbocycles. The molecule has 0 aromatic heterocycles. The van der Waals surface area contributed by atoms with E-state index in [9.17, 15) is 23.5 Å². The smallest absolute Gasteiger partial charge is 0.335 e. The average molecular weight is 526 g/mol. The Morgan fingerprint density at radius 2 is 1.68 bits per heavy atom. The first-order valence-electron chi connectivity index (χ1n) is 12.6. The molecule has 0 aliphatic rings. The van der Waals surface area contributed by atoms with Crippen LogP contribution in [0.2, 0.25) is 0 Å². The lowest BCUT2D eigenvalue weighted by atomic mass is 10.1. The number of carboxylic acids is 1. The van der Waals surface area contributed by atoms with Gasteiger partial charge in [0, 0.05) is 35.4 Å². The van der Waals surface area contributed by atoms with Crippen LogP contribution in [0.4, 0.5) is 8.78 Å². The number of carbonyl (C=O) groups excluding carboxylic acids is 1. The van der Waals surface area contributed by atoms with Gasteiger partial charge in [0.05, 0.1) is 12.0 Å². The van der Waals surface area contributed by atoms with Gasteiger partial charge in [-0.15, -0.1) is 11.8 Å². The molecule has 0 unspecified atom stereocenters. The number of rotatable bonds is 14. The summed E-state index contributed by atoms with van der Waals surface area (Å²) in [5.41, 5.74) is 2.14. The number of thioether (sulfide) groups is 1. The first kappa shape index (κ1) is 28.4. The summed E-state index contributed by atoms with van der Waals surface area (Å²) in [6.45, 7) is 2.75. The maximum Gasteiger partial charge on any atom is 0.335 e. The first-order valence-corrected chi connectivity index (χ1v) is 13.6. The van der Waals surface area contributed by atoms with Gasteiger partial charge in [-0.1, -0.05) is 69.0 Å². The summed E-state index contributed by atoms with van der Waals surface area (Å²) in [6, 6.07) is 18.0. The van der Waals surface area contributed by atoms with Gasteiger partial charge in [-0.3, -0.25) is 4.79 Å². The average Bonchev–Trinajstić information content (AvgIpc) is 2.88. The Morgan fingerprint density at radius 3 is 2.43 bits per heavy atom. The Bertz CT molecular complexity index is 1200. The number of carbonyl (C=O) groups is 2. The third-order valence-corrected chi connectivity index (χ3v) is 7.20. The van der Waals surface area contributed by atoms with Crippen molar-refractivity contribution < 1.29 is 23.5 Å². The second kappa shape index (κ2) is 14.5. The minimum Gasteiger partial charge on any atom is -0.478 e. The quantitative estimate of drug-likeness (QED) is 0.175. The van der Waals surface area contributed by atoms with Crippen LogP contribution in [-0.2, 0) is 23.5 Å². The number of halogens is 2. The summed E-state index contributed by atoms with van der Waals surface area (Å²) in [5.74, 6) is -1.86. The van der Waals surface area contributed by atoms with Gasteiger partial charge >= 0.3 is 5.97 Å². The zero-order valence-electron chi connectivity index (χ0n) is 21.1. The van der Waals surface area contributed by atoms with Crippen molar-refractivity contribution in [2.75, 3.05) is 6.54 Å². The summed E-state index contributed by atoms with van der Waals surface area (Å²) in [4.78, 5) is 27.3. The van der Waals surface area contributed by atoms with E-state index in [1.165, 1.54) is 23.9 Å². The van der Waals surface area contributed by atoms with E-state index in [0.29, 0.717) is 17.9 Å². The molecule has 3 rings (SSSR count). The number of hydrogen-bond donors (Lipinski definition) is 1. The molecule has 1 N–H and O–H groups in total. The number of carboxylic acid groups (broad SMARTS) is 1. The number of hydrogen-bond acceptors (Lipinski definition) is 3. The van der Waals surface area contributed by atoms with E-state index in [-0.39, 0.29) is 24.4 Å². The van der Waals surface area contributed by atoms with Crippen molar-refractivity contribution in [1.82, 2.24) is 4.90 Å². The minimum atomic E-state index is -0.956. The molecule has 0 aliphatic heterocycles. The molecule has 3 aromatic rings. The first-order chi connectivity index (χ1) is 17.9. The number of aromatic carboxylic acids is 1. The predicted octanol–water partition coefficient (Wildman–Crippen LogP) is 7.50. The van der Waals surface area contributed by atoms with Crippen LogP contribution in [0.1, 0.15) is 66.1 Å². The molecule has 0 heterocycles. The maximum absolute atomic E-state index is 14.3. The minimum absolute atomic E-state index is 0.0964. The second-order valence-electron chi connectivity index (χ2n) is 9.04. The molecule has 37 heavy (non-hydrogen) atoms. The Hall–Kier alpha value is -3.19. The Balaban J connectivity index is 1.67. The number of benzene rings is 3. The van der Waals surface area contributed by atoms with Crippen LogP contribution in [0, 0.1) is 11.6 Å². The largest absolute Gasteiger partial charge is 0.478 e. The van der Waals surface area contributed by atoms with Crippen molar-refractivity contribution in [2.24, 2.45) is 0 Å². The lowest BCUT2D eigenvalue weighted by molar-refractivity contribution is -0.131. The van der Waals surface area contributed by atoms with Crippen molar-refractivity contribution in [3.63, 3.8) is 0 Å². The molecule has 0 saturated carbocycles. The highest BCUT2D eigenvalue weighted by Crippen LogP contribution is 2.26. The molecule has 0 fully saturated rings. The zero-order valence-corrected chi connectivity index (χ0v) is 21.9. The van der Waals surface area contributed by atoms with Gasteiger partial charge in [0.25, 0.3) is 0 Å². The van der Waals surface area contributed by atoms with Crippen molar-refractivity contribution in [1.29, 1.82) is 0 Å². The van der Waals surface area contributed by atoms with Crippen LogP contribution in [0.5, 0.6) is 0 Å². The predicted molar refractivity (Wildman–Crippen MR) is 144 cm³/mol. The molecule has 0 radical (unpaired) electrons. The van der Waals surface area contributed by atoms with Crippen LogP contribution < -0.4 is 0 Å². The number of nitrogens with zero attached hydrogens (tertiary/aromatic N) is 1. The van der Waals surface area contributed by atoms with E-state index >= 15 is 0 Å².